The predicted octanol–water partition coefficient (Wildman–Crippen LogP) is 2.36. The van der Waals surface area contributed by atoms with Gasteiger partial charge in [0, 0.05) is 19.6 Å². The van der Waals surface area contributed by atoms with E-state index < -0.39 is 0 Å². The normalized spacial score (nSPS) is 12.9. The van der Waals surface area contributed by atoms with Gasteiger partial charge in [-0.1, -0.05) is 36.4 Å². The summed E-state index contributed by atoms with van der Waals surface area (Å²) in [5, 5.41) is 6.53. The van der Waals surface area contributed by atoms with Crippen LogP contribution in [-0.4, -0.2) is 25.6 Å². The molecule has 0 aromatic heterocycles. The second-order valence-corrected chi connectivity index (χ2v) is 4.31. The lowest BCUT2D eigenvalue weighted by molar-refractivity contribution is 0.596. The summed E-state index contributed by atoms with van der Waals surface area (Å²) in [6, 6.07) is 10.9. The van der Waals surface area contributed by atoms with Gasteiger partial charge in [0.25, 0.3) is 0 Å². The van der Waals surface area contributed by atoms with E-state index in [0.717, 1.165) is 25.3 Å². The Bertz CT molecular complexity index is 371. The van der Waals surface area contributed by atoms with Crippen molar-refractivity contribution >= 4 is 5.96 Å². The summed E-state index contributed by atoms with van der Waals surface area (Å²) in [4.78, 5) is 4.17. The molecule has 0 spiro atoms. The largest absolute Gasteiger partial charge is 0.354 e. The Morgan fingerprint density at radius 3 is 2.72 bits per heavy atom. The average Bonchev–Trinajstić information content (AvgIpc) is 2.42. The molecular weight excluding hydrogens is 222 g/mol. The van der Waals surface area contributed by atoms with Gasteiger partial charge in [-0.2, -0.15) is 0 Å². The third-order valence-corrected chi connectivity index (χ3v) is 2.73. The van der Waals surface area contributed by atoms with Crippen LogP contribution in [0.1, 0.15) is 18.9 Å². The lowest BCUT2D eigenvalue weighted by atomic mass is 10.1. The van der Waals surface area contributed by atoms with Crippen LogP contribution in [0.2, 0.25) is 0 Å². The van der Waals surface area contributed by atoms with E-state index in [2.05, 4.69) is 53.4 Å². The van der Waals surface area contributed by atoms with Crippen LogP contribution < -0.4 is 10.6 Å². The van der Waals surface area contributed by atoms with Gasteiger partial charge in [-0.05, 0) is 25.3 Å². The monoisotopic (exact) mass is 245 g/mol. The minimum absolute atomic E-state index is 0.390. The molecule has 2 N–H and O–H groups in total. The van der Waals surface area contributed by atoms with Crippen molar-refractivity contribution in [3.63, 3.8) is 0 Å². The van der Waals surface area contributed by atoms with Crippen molar-refractivity contribution in [2.75, 3.05) is 13.6 Å². The van der Waals surface area contributed by atoms with E-state index in [1.807, 2.05) is 12.1 Å². The molecule has 0 aliphatic carbocycles. The molecule has 0 aliphatic rings. The van der Waals surface area contributed by atoms with E-state index in [0.29, 0.717) is 6.04 Å². The van der Waals surface area contributed by atoms with E-state index in [9.17, 15) is 0 Å². The Kier molecular flexibility index (Phi) is 6.62. The maximum Gasteiger partial charge on any atom is 0.191 e. The van der Waals surface area contributed by atoms with E-state index in [4.69, 9.17) is 0 Å². The third kappa shape index (κ3) is 5.53. The van der Waals surface area contributed by atoms with Crippen LogP contribution >= 0.6 is 0 Å². The van der Waals surface area contributed by atoms with Crippen LogP contribution in [0.25, 0.3) is 0 Å². The Hall–Kier alpha value is -1.77. The molecule has 3 nitrogen and oxygen atoms in total. The highest BCUT2D eigenvalue weighted by atomic mass is 15.2. The quantitative estimate of drug-likeness (QED) is 0.458. The van der Waals surface area contributed by atoms with Gasteiger partial charge in [0.15, 0.2) is 5.96 Å². The number of nitrogens with zero attached hydrogens (tertiary/aromatic N) is 1. The van der Waals surface area contributed by atoms with Crippen molar-refractivity contribution < 1.29 is 0 Å². The first-order chi connectivity index (χ1) is 8.76. The summed E-state index contributed by atoms with van der Waals surface area (Å²) in [6.45, 7) is 6.57. The Morgan fingerprint density at radius 2 is 2.11 bits per heavy atom. The zero-order valence-electron chi connectivity index (χ0n) is 11.3. The smallest absolute Gasteiger partial charge is 0.191 e. The molecule has 1 rings (SSSR count). The molecule has 1 unspecified atom stereocenters. The van der Waals surface area contributed by atoms with Crippen molar-refractivity contribution in [1.29, 1.82) is 0 Å². The zero-order valence-corrected chi connectivity index (χ0v) is 11.3. The van der Waals surface area contributed by atoms with Crippen LogP contribution in [0.15, 0.2) is 48.0 Å². The van der Waals surface area contributed by atoms with Gasteiger partial charge in [0.1, 0.15) is 0 Å². The van der Waals surface area contributed by atoms with Gasteiger partial charge in [-0.25, -0.2) is 0 Å². The van der Waals surface area contributed by atoms with Gasteiger partial charge in [0.2, 0.25) is 0 Å². The molecule has 0 saturated heterocycles. The van der Waals surface area contributed by atoms with Gasteiger partial charge >= 0.3 is 0 Å². The molecule has 0 heterocycles. The third-order valence-electron chi connectivity index (χ3n) is 2.73. The number of nitrogens with one attached hydrogen (secondary N) is 2. The molecule has 1 aromatic carbocycles. The average molecular weight is 245 g/mol. The minimum Gasteiger partial charge on any atom is -0.354 e. The van der Waals surface area contributed by atoms with Gasteiger partial charge < -0.3 is 10.6 Å². The molecule has 1 atom stereocenters. The fourth-order valence-electron chi connectivity index (χ4n) is 1.70. The molecule has 18 heavy (non-hydrogen) atoms. The summed E-state index contributed by atoms with van der Waals surface area (Å²) in [7, 11) is 1.78. The van der Waals surface area contributed by atoms with Gasteiger partial charge in [-0.3, -0.25) is 4.99 Å². The number of guanidine groups is 1. The summed E-state index contributed by atoms with van der Waals surface area (Å²) >= 11 is 0. The minimum atomic E-state index is 0.390. The fourth-order valence-corrected chi connectivity index (χ4v) is 1.70. The Labute approximate surface area is 110 Å². The second kappa shape index (κ2) is 8.34. The molecule has 0 fully saturated rings. The lowest BCUT2D eigenvalue weighted by Gasteiger charge is -2.17. The van der Waals surface area contributed by atoms with Crippen LogP contribution in [-0.2, 0) is 6.42 Å². The fraction of sp³-hybridized carbons (Fsp3) is 0.400. The van der Waals surface area contributed by atoms with Crippen molar-refractivity contribution in [1.82, 2.24) is 10.6 Å². The molecule has 1 aromatic rings. The van der Waals surface area contributed by atoms with Gasteiger partial charge in [-0.15, -0.1) is 6.58 Å². The van der Waals surface area contributed by atoms with Crippen LogP contribution in [0.5, 0.6) is 0 Å². The maximum atomic E-state index is 4.17. The van der Waals surface area contributed by atoms with Crippen LogP contribution in [0.4, 0.5) is 0 Å². The number of hydrogen-bond donors (Lipinski definition) is 2. The number of rotatable bonds is 6. The molecule has 0 amide bonds. The van der Waals surface area contributed by atoms with Crippen LogP contribution in [0.3, 0.4) is 0 Å². The van der Waals surface area contributed by atoms with Crippen molar-refractivity contribution in [2.24, 2.45) is 4.99 Å². The maximum absolute atomic E-state index is 4.17. The summed E-state index contributed by atoms with van der Waals surface area (Å²) in [5.74, 6) is 0.829. The van der Waals surface area contributed by atoms with E-state index in [1.165, 1.54) is 5.56 Å². The first-order valence-electron chi connectivity index (χ1n) is 6.38. The highest BCUT2D eigenvalue weighted by molar-refractivity contribution is 5.80. The highest BCUT2D eigenvalue weighted by Crippen LogP contribution is 2.04. The number of benzene rings is 1. The van der Waals surface area contributed by atoms with Crippen molar-refractivity contribution in [2.45, 2.75) is 25.8 Å². The molecule has 0 saturated carbocycles. The Morgan fingerprint density at radius 1 is 1.39 bits per heavy atom. The SMILES string of the molecule is C=CCNC(=NC)NC(C)CCc1ccccc1. The predicted molar refractivity (Wildman–Crippen MR) is 78.9 cm³/mol. The first-order valence-corrected chi connectivity index (χ1v) is 6.38. The number of aryl methyl sites for hydroxylation is 1. The van der Waals surface area contributed by atoms with E-state index in [1.54, 1.807) is 7.05 Å². The number of hydrogen-bond acceptors (Lipinski definition) is 1. The zero-order chi connectivity index (χ0) is 13.2. The van der Waals surface area contributed by atoms with Gasteiger partial charge in [0.05, 0.1) is 0 Å². The summed E-state index contributed by atoms with van der Waals surface area (Å²) < 4.78 is 0. The molecule has 98 valence electrons. The lowest BCUT2D eigenvalue weighted by Crippen LogP contribution is -2.42. The number of aliphatic imine (C=N–C) groups is 1. The highest BCUT2D eigenvalue weighted by Gasteiger charge is 2.04. The molecule has 0 bridgehead atoms. The molecule has 3 heteroatoms. The standard InChI is InChI=1S/C15H23N3/c1-4-12-17-15(16-3)18-13(2)10-11-14-8-6-5-7-9-14/h4-9,13H,1,10-12H2,2-3H3,(H2,16,17,18). The topological polar surface area (TPSA) is 36.4 Å². The van der Waals surface area contributed by atoms with E-state index in [-0.39, 0.29) is 0 Å². The Balaban J connectivity index is 2.32. The second-order valence-electron chi connectivity index (χ2n) is 4.31. The van der Waals surface area contributed by atoms with Crippen molar-refractivity contribution in [3.8, 4) is 0 Å². The molecule has 0 aliphatic heterocycles. The molecular formula is C15H23N3. The first kappa shape index (κ1) is 14.3. The summed E-state index contributed by atoms with van der Waals surface area (Å²) in [5.41, 5.74) is 1.38. The van der Waals surface area contributed by atoms with Crippen molar-refractivity contribution in [3.05, 3.63) is 48.6 Å². The molecule has 0 radical (unpaired) electrons. The van der Waals surface area contributed by atoms with E-state index >= 15 is 0 Å². The van der Waals surface area contributed by atoms with Crippen LogP contribution in [0, 0.1) is 0 Å². The summed E-state index contributed by atoms with van der Waals surface area (Å²) in [6.07, 6.45) is 3.98.